The van der Waals surface area contributed by atoms with Crippen molar-refractivity contribution in [3.63, 3.8) is 0 Å². The van der Waals surface area contributed by atoms with Gasteiger partial charge in [-0.15, -0.1) is 5.10 Å². The maximum Gasteiger partial charge on any atom is 0.183 e. The smallest absolute Gasteiger partial charge is 0.183 e. The summed E-state index contributed by atoms with van der Waals surface area (Å²) in [6.45, 7) is 2.56. The maximum absolute atomic E-state index is 13.1. The summed E-state index contributed by atoms with van der Waals surface area (Å²) in [5.74, 6) is 0.549. The Bertz CT molecular complexity index is 1050. The molecule has 0 amide bonds. The van der Waals surface area contributed by atoms with Crippen molar-refractivity contribution in [1.82, 2.24) is 25.0 Å². The van der Waals surface area contributed by atoms with Gasteiger partial charge in [0.25, 0.3) is 0 Å². The number of halogens is 1. The number of benzene rings is 2. The number of fused-ring (bicyclic) bond motifs is 1. The fraction of sp³-hybridized carbons (Fsp3) is 0.158. The van der Waals surface area contributed by atoms with E-state index in [0.29, 0.717) is 17.7 Å². The summed E-state index contributed by atoms with van der Waals surface area (Å²) in [5.41, 5.74) is 4.77. The molecule has 2 aromatic heterocycles. The molecule has 0 saturated carbocycles. The van der Waals surface area contributed by atoms with Crippen LogP contribution in [0.3, 0.4) is 0 Å². The van der Waals surface area contributed by atoms with Crippen molar-refractivity contribution in [2.24, 2.45) is 0 Å². The van der Waals surface area contributed by atoms with E-state index in [2.05, 4.69) is 51.5 Å². The van der Waals surface area contributed by atoms with E-state index in [1.54, 1.807) is 28.6 Å². The van der Waals surface area contributed by atoms with Crippen molar-refractivity contribution in [2.75, 3.05) is 0 Å². The molecule has 0 aliphatic carbocycles. The molecule has 5 nitrogen and oxygen atoms in total. The lowest BCUT2D eigenvalue weighted by molar-refractivity contribution is 0.623. The Kier molecular flexibility index (Phi) is 4.62. The van der Waals surface area contributed by atoms with Gasteiger partial charge in [0.05, 0.1) is 6.54 Å². The van der Waals surface area contributed by atoms with Crippen LogP contribution in [0.4, 0.5) is 4.39 Å². The van der Waals surface area contributed by atoms with Gasteiger partial charge in [-0.3, -0.25) is 0 Å². The molecule has 0 N–H and O–H groups in total. The number of aryl methyl sites for hydroxylation is 1. The molecule has 0 saturated heterocycles. The first-order chi connectivity index (χ1) is 12.7. The minimum atomic E-state index is -0.255. The van der Waals surface area contributed by atoms with E-state index in [1.807, 2.05) is 0 Å². The predicted molar refractivity (Wildman–Crippen MR) is 99.4 cm³/mol. The number of aromatic nitrogens is 5. The third kappa shape index (κ3) is 3.57. The third-order valence-electron chi connectivity index (χ3n) is 3.97. The molecule has 0 fully saturated rings. The van der Waals surface area contributed by atoms with Crippen LogP contribution >= 0.6 is 11.8 Å². The summed E-state index contributed by atoms with van der Waals surface area (Å²) >= 11 is 1.62. The molecule has 0 spiro atoms. The third-order valence-corrected chi connectivity index (χ3v) is 5.02. The first-order valence-electron chi connectivity index (χ1n) is 8.16. The Morgan fingerprint density at radius 3 is 2.69 bits per heavy atom. The molecular weight excluding hydrogens is 349 g/mol. The summed E-state index contributed by atoms with van der Waals surface area (Å²) in [4.78, 5) is 8.69. The van der Waals surface area contributed by atoms with Gasteiger partial charge in [0.15, 0.2) is 11.2 Å². The average Bonchev–Trinajstić information content (AvgIpc) is 3.05. The quantitative estimate of drug-likeness (QED) is 0.395. The van der Waals surface area contributed by atoms with E-state index >= 15 is 0 Å². The van der Waals surface area contributed by atoms with Gasteiger partial charge in [-0.2, -0.15) is 0 Å². The van der Waals surface area contributed by atoms with Gasteiger partial charge in [0.2, 0.25) is 0 Å². The van der Waals surface area contributed by atoms with Crippen LogP contribution in [0.2, 0.25) is 0 Å². The zero-order valence-corrected chi connectivity index (χ0v) is 14.9. The fourth-order valence-electron chi connectivity index (χ4n) is 2.70. The number of thioether (sulfide) groups is 1. The van der Waals surface area contributed by atoms with Crippen molar-refractivity contribution < 1.29 is 4.39 Å². The number of rotatable bonds is 5. The second kappa shape index (κ2) is 7.21. The average molecular weight is 365 g/mol. The van der Waals surface area contributed by atoms with Crippen LogP contribution in [0.5, 0.6) is 0 Å². The monoisotopic (exact) mass is 365 g/mol. The van der Waals surface area contributed by atoms with Crippen LogP contribution < -0.4 is 0 Å². The summed E-state index contributed by atoms with van der Waals surface area (Å²) in [6, 6.07) is 14.7. The van der Waals surface area contributed by atoms with Gasteiger partial charge in [-0.25, -0.2) is 19.0 Å². The van der Waals surface area contributed by atoms with Crippen LogP contribution in [0.25, 0.3) is 11.2 Å². The molecule has 2 aromatic carbocycles. The zero-order chi connectivity index (χ0) is 17.9. The maximum atomic E-state index is 13.1. The number of hydrogen-bond donors (Lipinski definition) is 0. The highest BCUT2D eigenvalue weighted by atomic mass is 32.2. The molecule has 0 bridgehead atoms. The van der Waals surface area contributed by atoms with Gasteiger partial charge in [-0.1, -0.05) is 58.9 Å². The Morgan fingerprint density at radius 1 is 1.04 bits per heavy atom. The molecule has 4 aromatic rings. The first-order valence-corrected chi connectivity index (χ1v) is 9.14. The minimum Gasteiger partial charge on any atom is -0.227 e. The summed E-state index contributed by atoms with van der Waals surface area (Å²) in [6.07, 6.45) is 1.53. The highest BCUT2D eigenvalue weighted by Crippen LogP contribution is 2.26. The Balaban J connectivity index is 1.57. The first kappa shape index (κ1) is 16.7. The lowest BCUT2D eigenvalue weighted by Gasteiger charge is -2.04. The summed E-state index contributed by atoms with van der Waals surface area (Å²) in [7, 11) is 0. The second-order valence-electron chi connectivity index (χ2n) is 6.00. The van der Waals surface area contributed by atoms with Crippen molar-refractivity contribution in [3.05, 3.63) is 77.4 Å². The van der Waals surface area contributed by atoms with Gasteiger partial charge in [0.1, 0.15) is 17.2 Å². The topological polar surface area (TPSA) is 56.5 Å². The standard InChI is InChI=1S/C19H16FN5S/c1-13-3-2-4-15(9-13)11-26-19-17-18(21-12-22-19)25(24-23-17)10-14-5-7-16(20)8-6-14/h2-9,12H,10-11H2,1H3. The fourth-order valence-corrected chi connectivity index (χ4v) is 3.57. The summed E-state index contributed by atoms with van der Waals surface area (Å²) < 4.78 is 14.8. The molecule has 0 radical (unpaired) electrons. The predicted octanol–water partition coefficient (Wildman–Crippen LogP) is 4.01. The molecule has 4 rings (SSSR count). The van der Waals surface area contributed by atoms with Crippen molar-refractivity contribution >= 4 is 22.9 Å². The van der Waals surface area contributed by atoms with Gasteiger partial charge in [-0.05, 0) is 30.2 Å². The molecule has 0 aliphatic rings. The van der Waals surface area contributed by atoms with E-state index < -0.39 is 0 Å². The van der Waals surface area contributed by atoms with Gasteiger partial charge >= 0.3 is 0 Å². The molecule has 7 heteroatoms. The Hall–Kier alpha value is -2.80. The largest absolute Gasteiger partial charge is 0.227 e. The SMILES string of the molecule is Cc1cccc(CSc2ncnc3c2nnn3Cc2ccc(F)cc2)c1. The normalized spacial score (nSPS) is 11.2. The Labute approximate surface area is 154 Å². The zero-order valence-electron chi connectivity index (χ0n) is 14.1. The van der Waals surface area contributed by atoms with Gasteiger partial charge < -0.3 is 0 Å². The van der Waals surface area contributed by atoms with E-state index in [-0.39, 0.29) is 5.82 Å². The second-order valence-corrected chi connectivity index (χ2v) is 6.97. The highest BCUT2D eigenvalue weighted by molar-refractivity contribution is 7.98. The van der Waals surface area contributed by atoms with Crippen molar-refractivity contribution in [1.29, 1.82) is 0 Å². The van der Waals surface area contributed by atoms with E-state index in [1.165, 1.54) is 29.6 Å². The Morgan fingerprint density at radius 2 is 1.88 bits per heavy atom. The lowest BCUT2D eigenvalue weighted by Crippen LogP contribution is -2.03. The highest BCUT2D eigenvalue weighted by Gasteiger charge is 2.12. The van der Waals surface area contributed by atoms with Crippen LogP contribution in [0.15, 0.2) is 59.9 Å². The molecule has 0 atom stereocenters. The minimum absolute atomic E-state index is 0.255. The van der Waals surface area contributed by atoms with Crippen LogP contribution in [0.1, 0.15) is 16.7 Å². The van der Waals surface area contributed by atoms with Gasteiger partial charge in [0, 0.05) is 5.75 Å². The van der Waals surface area contributed by atoms with Crippen molar-refractivity contribution in [3.8, 4) is 0 Å². The van der Waals surface area contributed by atoms with E-state index in [0.717, 1.165) is 16.3 Å². The molecule has 0 unspecified atom stereocenters. The molecule has 130 valence electrons. The van der Waals surface area contributed by atoms with E-state index in [9.17, 15) is 4.39 Å². The van der Waals surface area contributed by atoms with E-state index in [4.69, 9.17) is 0 Å². The number of nitrogens with zero attached hydrogens (tertiary/aromatic N) is 5. The number of hydrogen-bond acceptors (Lipinski definition) is 5. The molecular formula is C19H16FN5S. The van der Waals surface area contributed by atoms with Crippen LogP contribution in [-0.2, 0) is 12.3 Å². The molecule has 26 heavy (non-hydrogen) atoms. The summed E-state index contributed by atoms with van der Waals surface area (Å²) in [5, 5.41) is 9.26. The molecule has 2 heterocycles. The lowest BCUT2D eigenvalue weighted by atomic mass is 10.2. The van der Waals surface area contributed by atoms with Crippen LogP contribution in [0, 0.1) is 12.7 Å². The van der Waals surface area contributed by atoms with Crippen molar-refractivity contribution in [2.45, 2.75) is 24.2 Å². The molecule has 0 aliphatic heterocycles. The van der Waals surface area contributed by atoms with Crippen LogP contribution in [-0.4, -0.2) is 25.0 Å².